The standard InChI is InChI=1S/C15H20O5/c1-18-13-8-4-7-12(15(17)19-2)14(13)20-11-6-3-5-10(16)9-11/h4,7-8,10-11,16H,3,5-6,9H2,1-2H3. The average Bonchev–Trinajstić information content (AvgIpc) is 2.46. The summed E-state index contributed by atoms with van der Waals surface area (Å²) in [6.07, 6.45) is 2.68. The third-order valence-electron chi connectivity index (χ3n) is 3.49. The van der Waals surface area contributed by atoms with Gasteiger partial charge in [0.05, 0.1) is 20.3 Å². The van der Waals surface area contributed by atoms with Crippen molar-refractivity contribution in [3.63, 3.8) is 0 Å². The van der Waals surface area contributed by atoms with E-state index in [0.717, 1.165) is 19.3 Å². The lowest BCUT2D eigenvalue weighted by atomic mass is 9.95. The van der Waals surface area contributed by atoms with Crippen LogP contribution in [0.3, 0.4) is 0 Å². The topological polar surface area (TPSA) is 65.0 Å². The summed E-state index contributed by atoms with van der Waals surface area (Å²) in [7, 11) is 2.86. The summed E-state index contributed by atoms with van der Waals surface area (Å²) in [5.74, 6) is 0.421. The molecule has 2 rings (SSSR count). The van der Waals surface area contributed by atoms with Crippen molar-refractivity contribution >= 4 is 5.97 Å². The molecule has 5 nitrogen and oxygen atoms in total. The van der Waals surface area contributed by atoms with Gasteiger partial charge in [-0.3, -0.25) is 0 Å². The van der Waals surface area contributed by atoms with Gasteiger partial charge in [-0.25, -0.2) is 4.79 Å². The summed E-state index contributed by atoms with van der Waals surface area (Å²) in [5.41, 5.74) is 0.340. The number of ether oxygens (including phenoxy) is 3. The number of aliphatic hydroxyl groups excluding tert-OH is 1. The minimum absolute atomic E-state index is 0.113. The number of carbonyl (C=O) groups is 1. The van der Waals surface area contributed by atoms with Crippen LogP contribution >= 0.6 is 0 Å². The minimum Gasteiger partial charge on any atom is -0.493 e. The van der Waals surface area contributed by atoms with Crippen LogP contribution in [-0.4, -0.2) is 37.5 Å². The molecule has 1 aliphatic carbocycles. The van der Waals surface area contributed by atoms with Gasteiger partial charge in [0, 0.05) is 6.42 Å². The molecule has 1 aromatic carbocycles. The third kappa shape index (κ3) is 3.22. The molecule has 0 bridgehead atoms. The van der Waals surface area contributed by atoms with Crippen molar-refractivity contribution in [2.75, 3.05) is 14.2 Å². The van der Waals surface area contributed by atoms with Gasteiger partial charge in [0.25, 0.3) is 0 Å². The Bertz CT molecular complexity index is 471. The fourth-order valence-electron chi connectivity index (χ4n) is 2.46. The van der Waals surface area contributed by atoms with Crippen LogP contribution in [0.2, 0.25) is 0 Å². The third-order valence-corrected chi connectivity index (χ3v) is 3.49. The smallest absolute Gasteiger partial charge is 0.341 e. The maximum absolute atomic E-state index is 11.8. The fraction of sp³-hybridized carbons (Fsp3) is 0.533. The van der Waals surface area contributed by atoms with Crippen LogP contribution < -0.4 is 9.47 Å². The molecule has 1 saturated carbocycles. The number of hydrogen-bond acceptors (Lipinski definition) is 5. The van der Waals surface area contributed by atoms with Gasteiger partial charge >= 0.3 is 5.97 Å². The zero-order chi connectivity index (χ0) is 14.5. The molecule has 2 atom stereocenters. The van der Waals surface area contributed by atoms with E-state index < -0.39 is 5.97 Å². The van der Waals surface area contributed by atoms with Crippen molar-refractivity contribution in [2.24, 2.45) is 0 Å². The number of rotatable bonds is 4. The van der Waals surface area contributed by atoms with Crippen molar-refractivity contribution in [3.8, 4) is 11.5 Å². The number of hydrogen-bond donors (Lipinski definition) is 1. The summed E-state index contributed by atoms with van der Waals surface area (Å²) >= 11 is 0. The van der Waals surface area contributed by atoms with Crippen LogP contribution in [0, 0.1) is 0 Å². The van der Waals surface area contributed by atoms with E-state index in [2.05, 4.69) is 0 Å². The second kappa shape index (κ2) is 6.61. The highest BCUT2D eigenvalue weighted by Gasteiger charge is 2.25. The normalized spacial score (nSPS) is 22.1. The van der Waals surface area contributed by atoms with Crippen LogP contribution in [0.15, 0.2) is 18.2 Å². The zero-order valence-corrected chi connectivity index (χ0v) is 11.8. The number of esters is 1. The van der Waals surface area contributed by atoms with Gasteiger partial charge in [-0.2, -0.15) is 0 Å². The van der Waals surface area contributed by atoms with Crippen LogP contribution in [0.5, 0.6) is 11.5 Å². The van der Waals surface area contributed by atoms with Crippen LogP contribution in [0.25, 0.3) is 0 Å². The van der Waals surface area contributed by atoms with Crippen molar-refractivity contribution < 1.29 is 24.1 Å². The minimum atomic E-state index is -0.463. The van der Waals surface area contributed by atoms with Gasteiger partial charge in [0.1, 0.15) is 11.7 Å². The largest absolute Gasteiger partial charge is 0.493 e. The first-order valence-corrected chi connectivity index (χ1v) is 6.75. The van der Waals surface area contributed by atoms with Crippen molar-refractivity contribution in [1.29, 1.82) is 0 Å². The van der Waals surface area contributed by atoms with Gasteiger partial charge in [-0.05, 0) is 31.4 Å². The molecule has 110 valence electrons. The molecule has 1 fully saturated rings. The van der Waals surface area contributed by atoms with Crippen molar-refractivity contribution in [1.82, 2.24) is 0 Å². The van der Waals surface area contributed by atoms with Gasteiger partial charge in [0.15, 0.2) is 11.5 Å². The number of benzene rings is 1. The van der Waals surface area contributed by atoms with Crippen LogP contribution in [0.4, 0.5) is 0 Å². The zero-order valence-electron chi connectivity index (χ0n) is 11.8. The molecule has 0 aromatic heterocycles. The van der Waals surface area contributed by atoms with E-state index in [4.69, 9.17) is 14.2 Å². The van der Waals surface area contributed by atoms with E-state index in [1.807, 2.05) is 0 Å². The second-order valence-electron chi connectivity index (χ2n) is 4.89. The summed E-state index contributed by atoms with van der Waals surface area (Å²) in [5, 5.41) is 9.71. The second-order valence-corrected chi connectivity index (χ2v) is 4.89. The summed E-state index contributed by atoms with van der Waals surface area (Å²) in [6.45, 7) is 0. The summed E-state index contributed by atoms with van der Waals surface area (Å²) in [6, 6.07) is 5.09. The molecule has 1 N–H and O–H groups in total. The van der Waals surface area contributed by atoms with Gasteiger partial charge in [-0.1, -0.05) is 6.07 Å². The summed E-state index contributed by atoms with van der Waals surface area (Å²) < 4.78 is 15.9. The highest BCUT2D eigenvalue weighted by molar-refractivity contribution is 5.93. The first kappa shape index (κ1) is 14.7. The Kier molecular flexibility index (Phi) is 4.84. The Morgan fingerprint density at radius 3 is 2.75 bits per heavy atom. The highest BCUT2D eigenvalue weighted by atomic mass is 16.5. The van der Waals surface area contributed by atoms with Crippen molar-refractivity contribution in [2.45, 2.75) is 37.9 Å². The van der Waals surface area contributed by atoms with E-state index >= 15 is 0 Å². The van der Waals surface area contributed by atoms with Crippen LogP contribution in [0.1, 0.15) is 36.0 Å². The number of methoxy groups -OCH3 is 2. The number of aliphatic hydroxyl groups is 1. The molecular weight excluding hydrogens is 260 g/mol. The molecule has 0 saturated heterocycles. The SMILES string of the molecule is COC(=O)c1cccc(OC)c1OC1CCCC(O)C1. The molecule has 0 amide bonds. The Labute approximate surface area is 118 Å². The molecular formula is C15H20O5. The van der Waals surface area contributed by atoms with E-state index in [0.29, 0.717) is 23.5 Å². The molecule has 5 heteroatoms. The lowest BCUT2D eigenvalue weighted by Crippen LogP contribution is -2.28. The molecule has 20 heavy (non-hydrogen) atoms. The molecule has 0 radical (unpaired) electrons. The molecule has 1 aliphatic rings. The van der Waals surface area contributed by atoms with E-state index in [-0.39, 0.29) is 12.2 Å². The van der Waals surface area contributed by atoms with Gasteiger partial charge in [-0.15, -0.1) is 0 Å². The summed E-state index contributed by atoms with van der Waals surface area (Å²) in [4.78, 5) is 11.8. The van der Waals surface area contributed by atoms with E-state index in [1.54, 1.807) is 18.2 Å². The first-order valence-electron chi connectivity index (χ1n) is 6.75. The monoisotopic (exact) mass is 280 g/mol. The number of para-hydroxylation sites is 1. The first-order chi connectivity index (χ1) is 9.65. The highest BCUT2D eigenvalue weighted by Crippen LogP contribution is 2.34. The molecule has 0 aliphatic heterocycles. The Balaban J connectivity index is 2.26. The maximum atomic E-state index is 11.8. The lowest BCUT2D eigenvalue weighted by Gasteiger charge is -2.27. The van der Waals surface area contributed by atoms with E-state index in [1.165, 1.54) is 14.2 Å². The van der Waals surface area contributed by atoms with Gasteiger partial charge < -0.3 is 19.3 Å². The molecule has 1 aromatic rings. The average molecular weight is 280 g/mol. The Morgan fingerprint density at radius 1 is 1.30 bits per heavy atom. The predicted molar refractivity (Wildman–Crippen MR) is 73.2 cm³/mol. The molecule has 0 spiro atoms. The lowest BCUT2D eigenvalue weighted by molar-refractivity contribution is 0.0486. The van der Waals surface area contributed by atoms with E-state index in [9.17, 15) is 9.90 Å². The molecule has 0 heterocycles. The van der Waals surface area contributed by atoms with Crippen molar-refractivity contribution in [3.05, 3.63) is 23.8 Å². The van der Waals surface area contributed by atoms with Crippen LogP contribution in [-0.2, 0) is 4.74 Å². The maximum Gasteiger partial charge on any atom is 0.341 e. The van der Waals surface area contributed by atoms with Gasteiger partial charge in [0.2, 0.25) is 0 Å². The fourth-order valence-corrected chi connectivity index (χ4v) is 2.46. The molecule has 2 unspecified atom stereocenters. The Morgan fingerprint density at radius 2 is 2.10 bits per heavy atom. The number of carbonyl (C=O) groups excluding carboxylic acids is 1. The predicted octanol–water partition coefficient (Wildman–Crippen LogP) is 2.16. The quantitative estimate of drug-likeness (QED) is 0.856. The Hall–Kier alpha value is -1.75.